The first-order valence-corrected chi connectivity index (χ1v) is 5.12. The van der Waals surface area contributed by atoms with Crippen molar-refractivity contribution in [1.29, 1.82) is 0 Å². The van der Waals surface area contributed by atoms with E-state index in [1.165, 1.54) is 0 Å². The quantitative estimate of drug-likeness (QED) is 0.838. The van der Waals surface area contributed by atoms with Crippen molar-refractivity contribution in [3.63, 3.8) is 0 Å². The third kappa shape index (κ3) is 3.80. The number of methoxy groups -OCH3 is 1. The Balaban J connectivity index is 2.65. The van der Waals surface area contributed by atoms with Gasteiger partial charge in [-0.15, -0.1) is 0 Å². The summed E-state index contributed by atoms with van der Waals surface area (Å²) in [5.41, 5.74) is 6.07. The minimum atomic E-state index is -0.281. The predicted molar refractivity (Wildman–Crippen MR) is 60.1 cm³/mol. The van der Waals surface area contributed by atoms with Crippen molar-refractivity contribution in [2.45, 2.75) is 19.3 Å². The van der Waals surface area contributed by atoms with Crippen LogP contribution in [0, 0.1) is 0 Å². The molecule has 0 aliphatic carbocycles. The molecule has 0 aliphatic rings. The van der Waals surface area contributed by atoms with Crippen LogP contribution in [0.4, 0.5) is 0 Å². The van der Waals surface area contributed by atoms with E-state index < -0.39 is 0 Å². The molecule has 0 aliphatic heterocycles. The second kappa shape index (κ2) is 5.61. The number of carbonyl (C=O) groups is 1. The third-order valence-corrected chi connectivity index (χ3v) is 2.35. The summed E-state index contributed by atoms with van der Waals surface area (Å²) in [6, 6.07) is 5.45. The van der Waals surface area contributed by atoms with E-state index in [-0.39, 0.29) is 5.91 Å². The maximum Gasteiger partial charge on any atom is 0.217 e. The van der Waals surface area contributed by atoms with Gasteiger partial charge in [-0.05, 0) is 36.6 Å². The number of amides is 1. The van der Waals surface area contributed by atoms with Crippen molar-refractivity contribution >= 4 is 17.5 Å². The van der Waals surface area contributed by atoms with Gasteiger partial charge in [-0.2, -0.15) is 0 Å². The maximum atomic E-state index is 10.6. The number of benzene rings is 1. The first kappa shape index (κ1) is 11.9. The molecule has 1 aromatic carbocycles. The summed E-state index contributed by atoms with van der Waals surface area (Å²) in [6.07, 6.45) is 1.84. The lowest BCUT2D eigenvalue weighted by Gasteiger charge is -2.08. The van der Waals surface area contributed by atoms with E-state index in [1.54, 1.807) is 13.2 Å². The zero-order valence-electron chi connectivity index (χ0n) is 8.63. The summed E-state index contributed by atoms with van der Waals surface area (Å²) in [6.45, 7) is 0. The lowest BCUT2D eigenvalue weighted by molar-refractivity contribution is -0.118. The van der Waals surface area contributed by atoms with E-state index in [9.17, 15) is 4.79 Å². The highest BCUT2D eigenvalue weighted by molar-refractivity contribution is 6.30. The monoisotopic (exact) mass is 227 g/mol. The highest BCUT2D eigenvalue weighted by atomic mass is 35.5. The first-order valence-electron chi connectivity index (χ1n) is 4.74. The largest absolute Gasteiger partial charge is 0.496 e. The number of primary amides is 1. The minimum Gasteiger partial charge on any atom is -0.496 e. The van der Waals surface area contributed by atoms with Crippen LogP contribution in [0.1, 0.15) is 18.4 Å². The van der Waals surface area contributed by atoms with E-state index in [0.29, 0.717) is 17.9 Å². The lowest BCUT2D eigenvalue weighted by Crippen LogP contribution is -2.10. The molecule has 82 valence electrons. The van der Waals surface area contributed by atoms with Crippen LogP contribution in [0.25, 0.3) is 0 Å². The topological polar surface area (TPSA) is 52.3 Å². The van der Waals surface area contributed by atoms with Gasteiger partial charge in [0.15, 0.2) is 0 Å². The number of ether oxygens (including phenoxy) is 1. The Bertz CT molecular complexity index is 352. The van der Waals surface area contributed by atoms with E-state index in [1.807, 2.05) is 12.1 Å². The molecule has 15 heavy (non-hydrogen) atoms. The molecule has 0 spiro atoms. The summed E-state index contributed by atoms with van der Waals surface area (Å²) in [7, 11) is 1.61. The summed E-state index contributed by atoms with van der Waals surface area (Å²) < 4.78 is 5.18. The molecular weight excluding hydrogens is 214 g/mol. The van der Waals surface area contributed by atoms with Gasteiger partial charge >= 0.3 is 0 Å². The average molecular weight is 228 g/mol. The number of hydrogen-bond acceptors (Lipinski definition) is 2. The fraction of sp³-hybridized carbons (Fsp3) is 0.364. The normalized spacial score (nSPS) is 10.0. The lowest BCUT2D eigenvalue weighted by atomic mass is 10.1. The van der Waals surface area contributed by atoms with Crippen molar-refractivity contribution in [3.05, 3.63) is 28.8 Å². The standard InChI is InChI=1S/C11H14ClNO2/c1-15-10-6-5-9(12)7-8(10)3-2-4-11(13)14/h5-7H,2-4H2,1H3,(H2,13,14). The van der Waals surface area contributed by atoms with Crippen LogP contribution in [0.3, 0.4) is 0 Å². The van der Waals surface area contributed by atoms with E-state index in [2.05, 4.69) is 0 Å². The number of aryl methyl sites for hydroxylation is 1. The number of hydrogen-bond donors (Lipinski definition) is 1. The van der Waals surface area contributed by atoms with Crippen LogP contribution < -0.4 is 10.5 Å². The maximum absolute atomic E-state index is 10.6. The Morgan fingerprint density at radius 3 is 2.87 bits per heavy atom. The van der Waals surface area contributed by atoms with Crippen LogP contribution in [0.2, 0.25) is 5.02 Å². The summed E-state index contributed by atoms with van der Waals surface area (Å²) in [5, 5.41) is 0.671. The van der Waals surface area contributed by atoms with Crippen LogP contribution in [-0.4, -0.2) is 13.0 Å². The molecule has 4 heteroatoms. The van der Waals surface area contributed by atoms with Crippen molar-refractivity contribution in [3.8, 4) is 5.75 Å². The Morgan fingerprint density at radius 1 is 1.53 bits per heavy atom. The summed E-state index contributed by atoms with van der Waals surface area (Å²) in [4.78, 5) is 10.6. The molecule has 0 atom stereocenters. The molecule has 1 amide bonds. The van der Waals surface area contributed by atoms with Crippen molar-refractivity contribution < 1.29 is 9.53 Å². The summed E-state index contributed by atoms with van der Waals surface area (Å²) >= 11 is 5.87. The van der Waals surface area contributed by atoms with Gasteiger partial charge in [0.1, 0.15) is 5.75 Å². The molecule has 0 radical (unpaired) electrons. The van der Waals surface area contributed by atoms with Crippen LogP contribution in [-0.2, 0) is 11.2 Å². The Hall–Kier alpha value is -1.22. The highest BCUT2D eigenvalue weighted by Crippen LogP contribution is 2.24. The van der Waals surface area contributed by atoms with Crippen molar-refractivity contribution in [2.75, 3.05) is 7.11 Å². The van der Waals surface area contributed by atoms with Gasteiger partial charge in [0.05, 0.1) is 7.11 Å². The van der Waals surface area contributed by atoms with Gasteiger partial charge in [-0.3, -0.25) is 4.79 Å². The Labute approximate surface area is 94.2 Å². The Morgan fingerprint density at radius 2 is 2.27 bits per heavy atom. The van der Waals surface area contributed by atoms with Crippen LogP contribution in [0.15, 0.2) is 18.2 Å². The minimum absolute atomic E-state index is 0.281. The van der Waals surface area contributed by atoms with Gasteiger partial charge in [-0.1, -0.05) is 11.6 Å². The molecule has 0 saturated carbocycles. The number of rotatable bonds is 5. The van der Waals surface area contributed by atoms with Gasteiger partial charge in [0.2, 0.25) is 5.91 Å². The molecular formula is C11H14ClNO2. The van der Waals surface area contributed by atoms with E-state index in [4.69, 9.17) is 22.1 Å². The molecule has 0 unspecified atom stereocenters. The van der Waals surface area contributed by atoms with E-state index >= 15 is 0 Å². The number of halogens is 1. The van der Waals surface area contributed by atoms with Gasteiger partial charge in [0.25, 0.3) is 0 Å². The highest BCUT2D eigenvalue weighted by Gasteiger charge is 2.04. The fourth-order valence-electron chi connectivity index (χ4n) is 1.40. The molecule has 0 aromatic heterocycles. The second-order valence-electron chi connectivity index (χ2n) is 3.28. The molecule has 3 nitrogen and oxygen atoms in total. The Kier molecular flexibility index (Phi) is 4.43. The zero-order valence-corrected chi connectivity index (χ0v) is 9.38. The van der Waals surface area contributed by atoms with Crippen molar-refractivity contribution in [1.82, 2.24) is 0 Å². The van der Waals surface area contributed by atoms with Crippen molar-refractivity contribution in [2.24, 2.45) is 5.73 Å². The fourth-order valence-corrected chi connectivity index (χ4v) is 1.59. The molecule has 1 aromatic rings. The smallest absolute Gasteiger partial charge is 0.217 e. The predicted octanol–water partition coefficient (Wildman–Crippen LogP) is 2.16. The molecule has 0 bridgehead atoms. The third-order valence-electron chi connectivity index (χ3n) is 2.11. The SMILES string of the molecule is COc1ccc(Cl)cc1CCCC(N)=O. The van der Waals surface area contributed by atoms with Crippen LogP contribution >= 0.6 is 11.6 Å². The molecule has 1 rings (SSSR count). The van der Waals surface area contributed by atoms with Gasteiger partial charge < -0.3 is 10.5 Å². The van der Waals surface area contributed by atoms with E-state index in [0.717, 1.165) is 17.7 Å². The molecule has 2 N–H and O–H groups in total. The van der Waals surface area contributed by atoms with Crippen LogP contribution in [0.5, 0.6) is 5.75 Å². The zero-order chi connectivity index (χ0) is 11.3. The molecule has 0 heterocycles. The number of carbonyl (C=O) groups excluding carboxylic acids is 1. The first-order chi connectivity index (χ1) is 7.13. The summed E-state index contributed by atoms with van der Waals surface area (Å²) in [5.74, 6) is 0.514. The molecule has 0 saturated heterocycles. The molecule has 0 fully saturated rings. The number of nitrogens with two attached hydrogens (primary N) is 1. The van der Waals surface area contributed by atoms with Gasteiger partial charge in [0, 0.05) is 11.4 Å². The average Bonchev–Trinajstić information content (AvgIpc) is 2.17. The van der Waals surface area contributed by atoms with Gasteiger partial charge in [-0.25, -0.2) is 0 Å². The second-order valence-corrected chi connectivity index (χ2v) is 3.71.